The van der Waals surface area contributed by atoms with Crippen molar-refractivity contribution in [1.82, 2.24) is 14.9 Å². The summed E-state index contributed by atoms with van der Waals surface area (Å²) in [6, 6.07) is 0. The molecular weight excluding hydrogens is 242 g/mol. The summed E-state index contributed by atoms with van der Waals surface area (Å²) in [5.41, 5.74) is 0. The van der Waals surface area contributed by atoms with E-state index in [-0.39, 0.29) is 5.92 Å². The lowest BCUT2D eigenvalue weighted by Gasteiger charge is -2.26. The maximum atomic E-state index is 10.9. The van der Waals surface area contributed by atoms with Gasteiger partial charge in [0.25, 0.3) is 0 Å². The molecule has 5 nitrogen and oxygen atoms in total. The topological polar surface area (TPSA) is 67.2 Å². The van der Waals surface area contributed by atoms with Crippen LogP contribution in [0.1, 0.15) is 31.5 Å². The van der Waals surface area contributed by atoms with Gasteiger partial charge in [-0.05, 0) is 38.1 Å². The van der Waals surface area contributed by atoms with E-state index in [0.29, 0.717) is 5.92 Å². The first-order chi connectivity index (χ1) is 9.16. The van der Waals surface area contributed by atoms with E-state index in [4.69, 9.17) is 5.11 Å². The Bertz CT molecular complexity index is 409. The standard InChI is InChI=1S/C14H23N3O2/c1-17-9-8-16-13(17)6-7-15-10-11-2-4-12(5-3-11)14(18)19/h8-9,11-12,15H,2-7,10H2,1H3,(H,18,19). The molecule has 0 amide bonds. The maximum absolute atomic E-state index is 10.9. The molecule has 1 fully saturated rings. The van der Waals surface area contributed by atoms with Crippen molar-refractivity contribution in [3.63, 3.8) is 0 Å². The second kappa shape index (κ2) is 6.70. The SMILES string of the molecule is Cn1ccnc1CCNCC1CCC(C(=O)O)CC1. The monoisotopic (exact) mass is 265 g/mol. The van der Waals surface area contributed by atoms with Crippen molar-refractivity contribution in [1.29, 1.82) is 0 Å². The highest BCUT2D eigenvalue weighted by atomic mass is 16.4. The molecule has 1 heterocycles. The second-order valence-corrected chi connectivity index (χ2v) is 5.46. The van der Waals surface area contributed by atoms with Crippen LogP contribution in [0.25, 0.3) is 0 Å². The number of imidazole rings is 1. The van der Waals surface area contributed by atoms with Gasteiger partial charge in [-0.1, -0.05) is 0 Å². The van der Waals surface area contributed by atoms with Gasteiger partial charge < -0.3 is 15.0 Å². The molecule has 1 saturated carbocycles. The fourth-order valence-corrected chi connectivity index (χ4v) is 2.76. The third-order valence-corrected chi connectivity index (χ3v) is 4.08. The quantitative estimate of drug-likeness (QED) is 0.764. The highest BCUT2D eigenvalue weighted by Crippen LogP contribution is 2.28. The number of aryl methyl sites for hydroxylation is 1. The molecule has 0 aromatic carbocycles. The number of nitrogens with one attached hydrogen (secondary N) is 1. The minimum Gasteiger partial charge on any atom is -0.481 e. The Morgan fingerprint density at radius 1 is 1.47 bits per heavy atom. The summed E-state index contributed by atoms with van der Waals surface area (Å²) < 4.78 is 2.04. The van der Waals surface area contributed by atoms with E-state index in [1.165, 1.54) is 0 Å². The Hall–Kier alpha value is -1.36. The van der Waals surface area contributed by atoms with E-state index in [2.05, 4.69) is 10.3 Å². The van der Waals surface area contributed by atoms with Crippen molar-refractivity contribution in [3.05, 3.63) is 18.2 Å². The van der Waals surface area contributed by atoms with Crippen molar-refractivity contribution in [2.24, 2.45) is 18.9 Å². The van der Waals surface area contributed by atoms with Crippen LogP contribution in [0.4, 0.5) is 0 Å². The number of hydrogen-bond donors (Lipinski definition) is 2. The van der Waals surface area contributed by atoms with Crippen molar-refractivity contribution >= 4 is 5.97 Å². The lowest BCUT2D eigenvalue weighted by atomic mass is 9.82. The van der Waals surface area contributed by atoms with E-state index in [0.717, 1.165) is 51.0 Å². The lowest BCUT2D eigenvalue weighted by molar-refractivity contribution is -0.143. The van der Waals surface area contributed by atoms with Gasteiger partial charge in [0, 0.05) is 32.4 Å². The first kappa shape index (κ1) is 14.1. The molecule has 2 N–H and O–H groups in total. The number of nitrogens with zero attached hydrogens (tertiary/aromatic N) is 2. The molecule has 5 heteroatoms. The molecule has 0 aliphatic heterocycles. The fourth-order valence-electron chi connectivity index (χ4n) is 2.76. The number of aromatic nitrogens is 2. The molecule has 0 spiro atoms. The van der Waals surface area contributed by atoms with Gasteiger partial charge in [0.05, 0.1) is 5.92 Å². The first-order valence-corrected chi connectivity index (χ1v) is 7.06. The van der Waals surface area contributed by atoms with Gasteiger partial charge in [0.1, 0.15) is 5.82 Å². The average molecular weight is 265 g/mol. The van der Waals surface area contributed by atoms with Crippen LogP contribution >= 0.6 is 0 Å². The van der Waals surface area contributed by atoms with Crippen molar-refractivity contribution in [2.45, 2.75) is 32.1 Å². The predicted molar refractivity (Wildman–Crippen MR) is 72.9 cm³/mol. The van der Waals surface area contributed by atoms with Gasteiger partial charge in [-0.15, -0.1) is 0 Å². The van der Waals surface area contributed by atoms with Crippen LogP contribution in [-0.4, -0.2) is 33.7 Å². The molecule has 0 bridgehead atoms. The van der Waals surface area contributed by atoms with Crippen molar-refractivity contribution in [2.75, 3.05) is 13.1 Å². The molecule has 1 aromatic heterocycles. The van der Waals surface area contributed by atoms with E-state index < -0.39 is 5.97 Å². The van der Waals surface area contributed by atoms with Gasteiger partial charge in [-0.25, -0.2) is 4.98 Å². The van der Waals surface area contributed by atoms with Gasteiger partial charge in [0.15, 0.2) is 0 Å². The molecule has 19 heavy (non-hydrogen) atoms. The van der Waals surface area contributed by atoms with Gasteiger partial charge in [0.2, 0.25) is 0 Å². The first-order valence-electron chi connectivity index (χ1n) is 7.06. The van der Waals surface area contributed by atoms with Crippen LogP contribution in [0.3, 0.4) is 0 Å². The number of aliphatic carboxylic acids is 1. The van der Waals surface area contributed by atoms with Crippen LogP contribution in [0, 0.1) is 11.8 Å². The van der Waals surface area contributed by atoms with E-state index in [1.54, 1.807) is 0 Å². The molecule has 106 valence electrons. The Balaban J connectivity index is 1.60. The van der Waals surface area contributed by atoms with E-state index >= 15 is 0 Å². The number of carbonyl (C=O) groups is 1. The number of hydrogen-bond acceptors (Lipinski definition) is 3. The van der Waals surface area contributed by atoms with Crippen LogP contribution in [-0.2, 0) is 18.3 Å². The van der Waals surface area contributed by atoms with Crippen LogP contribution in [0.15, 0.2) is 12.4 Å². The van der Waals surface area contributed by atoms with Gasteiger partial charge in [-0.3, -0.25) is 4.79 Å². The zero-order valence-electron chi connectivity index (χ0n) is 11.5. The average Bonchev–Trinajstić information content (AvgIpc) is 2.81. The molecule has 2 rings (SSSR count). The Labute approximate surface area is 114 Å². The van der Waals surface area contributed by atoms with Crippen LogP contribution in [0.5, 0.6) is 0 Å². The zero-order chi connectivity index (χ0) is 13.7. The summed E-state index contributed by atoms with van der Waals surface area (Å²) in [6.07, 6.45) is 8.46. The third kappa shape index (κ3) is 4.06. The number of rotatable bonds is 6. The molecule has 0 saturated heterocycles. The van der Waals surface area contributed by atoms with Crippen molar-refractivity contribution < 1.29 is 9.90 Å². The zero-order valence-corrected chi connectivity index (χ0v) is 11.5. The van der Waals surface area contributed by atoms with E-state index in [9.17, 15) is 4.79 Å². The molecule has 1 aliphatic rings. The summed E-state index contributed by atoms with van der Waals surface area (Å²) in [7, 11) is 2.01. The largest absolute Gasteiger partial charge is 0.481 e. The Morgan fingerprint density at radius 2 is 2.21 bits per heavy atom. The summed E-state index contributed by atoms with van der Waals surface area (Å²) in [6.45, 7) is 1.93. The maximum Gasteiger partial charge on any atom is 0.306 e. The lowest BCUT2D eigenvalue weighted by Crippen LogP contribution is -2.30. The predicted octanol–water partition coefficient (Wildman–Crippen LogP) is 1.44. The summed E-state index contributed by atoms with van der Waals surface area (Å²) >= 11 is 0. The Morgan fingerprint density at radius 3 is 2.79 bits per heavy atom. The summed E-state index contributed by atoms with van der Waals surface area (Å²) in [4.78, 5) is 15.1. The van der Waals surface area contributed by atoms with E-state index in [1.807, 2.05) is 24.0 Å². The molecule has 0 radical (unpaired) electrons. The highest BCUT2D eigenvalue weighted by molar-refractivity contribution is 5.69. The molecule has 1 aliphatic carbocycles. The summed E-state index contributed by atoms with van der Waals surface area (Å²) in [5.74, 6) is 1.00. The smallest absolute Gasteiger partial charge is 0.306 e. The molecule has 0 atom stereocenters. The fraction of sp³-hybridized carbons (Fsp3) is 0.714. The molecule has 0 unspecified atom stereocenters. The number of carboxylic acids is 1. The second-order valence-electron chi connectivity index (χ2n) is 5.46. The molecular formula is C14H23N3O2. The summed E-state index contributed by atoms with van der Waals surface area (Å²) in [5, 5.41) is 12.4. The van der Waals surface area contributed by atoms with Crippen LogP contribution < -0.4 is 5.32 Å². The highest BCUT2D eigenvalue weighted by Gasteiger charge is 2.25. The molecule has 1 aromatic rings. The minimum atomic E-state index is -0.624. The Kier molecular flexibility index (Phi) is 4.96. The third-order valence-electron chi connectivity index (χ3n) is 4.08. The number of carboxylic acid groups (broad SMARTS) is 1. The minimum absolute atomic E-state index is 0.108. The van der Waals surface area contributed by atoms with Crippen molar-refractivity contribution in [3.8, 4) is 0 Å². The van der Waals surface area contributed by atoms with Gasteiger partial charge >= 0.3 is 5.97 Å². The normalized spacial score (nSPS) is 23.4. The van der Waals surface area contributed by atoms with Crippen LogP contribution in [0.2, 0.25) is 0 Å². The van der Waals surface area contributed by atoms with Gasteiger partial charge in [-0.2, -0.15) is 0 Å².